The van der Waals surface area contributed by atoms with Crippen LogP contribution in [-0.2, 0) is 70.5 Å². The van der Waals surface area contributed by atoms with Crippen LogP contribution in [0.3, 0.4) is 0 Å². The summed E-state index contributed by atoms with van der Waals surface area (Å²) in [5.41, 5.74) is 26.9. The van der Waals surface area contributed by atoms with Gasteiger partial charge in [-0.05, 0) is 296 Å². The second kappa shape index (κ2) is 45.2. The summed E-state index contributed by atoms with van der Waals surface area (Å²) >= 11 is 34.4. The van der Waals surface area contributed by atoms with Gasteiger partial charge in [0.05, 0.1) is 63.3 Å². The van der Waals surface area contributed by atoms with Crippen molar-refractivity contribution in [3.8, 4) is 17.2 Å². The number of halogens is 7. The molecule has 6 unspecified atom stereocenters. The van der Waals surface area contributed by atoms with Crippen LogP contribution in [0.25, 0.3) is 65.4 Å². The van der Waals surface area contributed by atoms with E-state index in [1.807, 2.05) is 144 Å². The Morgan fingerprint density at radius 3 is 1.46 bits per heavy atom. The molecule has 148 heavy (non-hydrogen) atoms. The van der Waals surface area contributed by atoms with E-state index in [9.17, 15) is 18.8 Å². The molecule has 26 rings (SSSR count). The van der Waals surface area contributed by atoms with Gasteiger partial charge in [0.25, 0.3) is 0 Å². The molecule has 14 heterocycles. The number of carbonyl (C=O) groups is 3. The number of hydrogen-bond acceptors (Lipinski definition) is 13. The van der Waals surface area contributed by atoms with E-state index in [-0.39, 0.29) is 60.7 Å². The van der Waals surface area contributed by atoms with Gasteiger partial charge in [-0.3, -0.25) is 19.5 Å². The summed E-state index contributed by atoms with van der Waals surface area (Å²) in [6, 6.07) is 81.8. The molecule has 1 saturated carbocycles. The third kappa shape index (κ3) is 21.3. The number of methoxy groups -OCH3 is 2. The van der Waals surface area contributed by atoms with Crippen molar-refractivity contribution >= 4 is 157 Å². The Kier molecular flexibility index (Phi) is 30.9. The van der Waals surface area contributed by atoms with Crippen LogP contribution in [0.2, 0.25) is 25.1 Å². The number of rotatable bonds is 14. The maximum Gasteiger partial charge on any atom is 0.410 e. The van der Waals surface area contributed by atoms with Crippen molar-refractivity contribution in [2.24, 2.45) is 5.92 Å². The first-order chi connectivity index (χ1) is 72.3. The number of fused-ring (bicyclic) bond motifs is 19. The summed E-state index contributed by atoms with van der Waals surface area (Å²) in [6.07, 6.45) is 14.0. The van der Waals surface area contributed by atoms with Crippen LogP contribution in [0, 0.1) is 11.7 Å². The van der Waals surface area contributed by atoms with Crippen LogP contribution in [-0.4, -0.2) is 148 Å². The topological polar surface area (TPSA) is 251 Å². The lowest BCUT2D eigenvalue weighted by Gasteiger charge is -2.41. The first-order valence-corrected chi connectivity index (χ1v) is 53.5. The van der Waals surface area contributed by atoms with Crippen molar-refractivity contribution in [3.63, 3.8) is 0 Å². The van der Waals surface area contributed by atoms with E-state index in [0.717, 1.165) is 190 Å². The average Bonchev–Trinajstić information content (AvgIpc) is 1.61. The zero-order chi connectivity index (χ0) is 102. The molecule has 0 saturated heterocycles. The quantitative estimate of drug-likeness (QED) is 0.0505. The number of nitrogens with one attached hydrogen (secondary N) is 8. The van der Waals surface area contributed by atoms with Gasteiger partial charge in [-0.2, -0.15) is 0 Å². The zero-order valence-electron chi connectivity index (χ0n) is 82.6. The van der Waals surface area contributed by atoms with Crippen molar-refractivity contribution < 1.29 is 51.6 Å². The lowest BCUT2D eigenvalue weighted by molar-refractivity contribution is -0.137. The number of hydrogen-bond donors (Lipinski definition) is 8. The summed E-state index contributed by atoms with van der Waals surface area (Å²) in [6.45, 7) is 10.4. The highest BCUT2D eigenvalue weighted by Gasteiger charge is 2.42. The molecule has 0 bridgehead atoms. The maximum atomic E-state index is 13.7. The van der Waals surface area contributed by atoms with Gasteiger partial charge in [0.1, 0.15) is 30.0 Å². The largest absolute Gasteiger partial charge is 0.497 e. The van der Waals surface area contributed by atoms with E-state index in [0.29, 0.717) is 57.1 Å². The van der Waals surface area contributed by atoms with Crippen molar-refractivity contribution in [1.82, 2.24) is 60.1 Å². The van der Waals surface area contributed by atoms with Crippen molar-refractivity contribution in [2.75, 3.05) is 80.1 Å². The van der Waals surface area contributed by atoms with E-state index in [2.05, 4.69) is 152 Å². The lowest BCUT2D eigenvalue weighted by atomic mass is 9.79. The first kappa shape index (κ1) is 101. The Hall–Kier alpha value is -13.0. The van der Waals surface area contributed by atoms with Crippen LogP contribution >= 0.6 is 73.9 Å². The monoisotopic (exact) mass is 2140 g/mol. The highest BCUT2D eigenvalue weighted by atomic mass is 79.9. The fourth-order valence-electron chi connectivity index (χ4n) is 23.1. The highest BCUT2D eigenvalue weighted by Crippen LogP contribution is 2.49. The van der Waals surface area contributed by atoms with Crippen molar-refractivity contribution in [2.45, 2.75) is 134 Å². The minimum absolute atomic E-state index is 0.0156. The minimum atomic E-state index is -0.358. The molecule has 760 valence electrons. The van der Waals surface area contributed by atoms with Crippen LogP contribution in [0.1, 0.15) is 183 Å². The number of ether oxygens (including phenoxy) is 6. The molecule has 0 spiro atoms. The Bertz CT molecular complexity index is 7820. The average molecular weight is 2150 g/mol. The van der Waals surface area contributed by atoms with Crippen LogP contribution in [0.5, 0.6) is 17.2 Å². The van der Waals surface area contributed by atoms with Crippen LogP contribution < -0.4 is 24.8 Å². The Morgan fingerprint density at radius 2 is 0.885 bits per heavy atom. The Balaban J connectivity index is 0.000000104. The molecule has 7 aliphatic heterocycles. The van der Waals surface area contributed by atoms with Crippen molar-refractivity contribution in [1.29, 1.82) is 0 Å². The third-order valence-corrected chi connectivity index (χ3v) is 31.5. The molecule has 3 amide bonds. The summed E-state index contributed by atoms with van der Waals surface area (Å²) in [5.74, 6) is 4.04. The van der Waals surface area contributed by atoms with Gasteiger partial charge in [-0.1, -0.05) is 184 Å². The molecular formula is C119H115BrCl5FN12O10. The van der Waals surface area contributed by atoms with E-state index in [4.69, 9.17) is 90.8 Å². The molecule has 6 atom stereocenters. The number of aromatic nitrogens is 6. The van der Waals surface area contributed by atoms with Crippen LogP contribution in [0.15, 0.2) is 264 Å². The predicted molar refractivity (Wildman–Crippen MR) is 589 cm³/mol. The smallest absolute Gasteiger partial charge is 0.410 e. The number of carbonyl (C=O) groups excluding carboxylic acids is 3. The summed E-state index contributed by atoms with van der Waals surface area (Å²) in [4.78, 5) is 67.2. The molecule has 1 fully saturated rings. The number of furan rings is 1. The van der Waals surface area contributed by atoms with Gasteiger partial charge in [0.2, 0.25) is 12.7 Å². The molecule has 8 N–H and O–H groups in total. The van der Waals surface area contributed by atoms with E-state index >= 15 is 0 Å². The van der Waals surface area contributed by atoms with Gasteiger partial charge in [0, 0.05) is 176 Å². The molecule has 29 heteroatoms. The summed E-state index contributed by atoms with van der Waals surface area (Å²) in [5, 5.41) is 18.0. The summed E-state index contributed by atoms with van der Waals surface area (Å²) in [7, 11) is 3.25. The maximum absolute atomic E-state index is 13.7. The Labute approximate surface area is 891 Å². The molecule has 1 aliphatic carbocycles. The van der Waals surface area contributed by atoms with Gasteiger partial charge in [0.15, 0.2) is 11.5 Å². The molecule has 11 aromatic carbocycles. The van der Waals surface area contributed by atoms with Gasteiger partial charge >= 0.3 is 12.2 Å². The fourth-order valence-corrected chi connectivity index (χ4v) is 24.3. The van der Waals surface area contributed by atoms with E-state index in [1.54, 1.807) is 56.6 Å². The molecule has 8 aliphatic rings. The Morgan fingerprint density at radius 1 is 0.426 bits per heavy atom. The minimum Gasteiger partial charge on any atom is -0.497 e. The number of H-pyrrole nitrogens is 6. The van der Waals surface area contributed by atoms with Crippen LogP contribution in [0.4, 0.5) is 14.0 Å². The first-order valence-electron chi connectivity index (χ1n) is 50.9. The predicted octanol–water partition coefficient (Wildman–Crippen LogP) is 28.2. The van der Waals surface area contributed by atoms with Gasteiger partial charge in [-0.25, -0.2) is 14.0 Å². The number of amides is 3. The van der Waals surface area contributed by atoms with Gasteiger partial charge < -0.3 is 78.3 Å². The second-order valence-electron chi connectivity index (χ2n) is 38.6. The van der Waals surface area contributed by atoms with Crippen molar-refractivity contribution in [3.05, 3.63) is 392 Å². The highest BCUT2D eigenvalue weighted by molar-refractivity contribution is 9.10. The third-order valence-electron chi connectivity index (χ3n) is 29.8. The fraction of sp³-hybridized carbons (Fsp3) is 0.286. The number of nitrogens with zero attached hydrogens (tertiary/aromatic N) is 4. The lowest BCUT2D eigenvalue weighted by Crippen LogP contribution is -2.42. The van der Waals surface area contributed by atoms with E-state index in [1.165, 1.54) is 127 Å². The zero-order valence-corrected chi connectivity index (χ0v) is 87.9. The molecule has 7 aromatic heterocycles. The normalized spacial score (nSPS) is 18.1. The van der Waals surface area contributed by atoms with Gasteiger partial charge in [-0.15, -0.1) is 0 Å². The number of benzene rings is 11. The standard InChI is InChI=1S/C22H25ClN2O.C21H21ClN2O2.C20H19BrN2O2.C20H18ClFN2O2.C18H15ClN2O2.C18H17ClN2O/c23-16-8-9-20-19(13-16)18-10-11-25(14-17-7-4-12-26-17)22(21(18)24-20)15-5-2-1-3-6-15;1-2-26-21(25)24-11-10-16-17-13-15(22)8-9-18(17)23-20(16)19(24)12-14-6-4-3-5-7-14;1-25-12-18(24)23-10-9-15-16-11-14(21)7-8-17(16)22-19(15)20(23)13-5-3-2-4-6-13;1-2-26-20(25)24-10-9-15-16-11-14(22)7-8-17(16)23-18(15)19(24)12-3-5-13(21)6-4-12;19-11-2-3-14-13(8-11)12-5-6-20-17(18(12)21-14)10-1-4-15-16(7-10)23-9-22-15;1-22-13-5-2-11(3-6-13)17-18-14(8-9-20-17)15-10-12(19)4-7-16(15)21-18/h4,7-9,12-13,15,22,24H,1-3,5-6,10-11,14H2;3-9,13,19,23H,2,10-12H2,1H3;2-8,11,20,22H,9-10,12H2,1H3;3-8,11,19,23H,2,9-10H2,1H3;1-4,7-8,17,20-21H,5-6,9H2;2-7,10,17,20-21H,8-9H2,1H3. The second-order valence-corrected chi connectivity index (χ2v) is 41.7. The van der Waals surface area contributed by atoms with E-state index < -0.39 is 0 Å². The molecular weight excluding hydrogens is 2030 g/mol. The molecule has 18 aromatic rings. The summed E-state index contributed by atoms with van der Waals surface area (Å²) < 4.78 is 52.3. The SMILES string of the molecule is CCOC(=O)N1CCc2c([nH]c3ccc(Cl)cc23)C1Cc1ccccc1.CCOC(=O)N1CCc2c([nH]c3ccc(F)cc23)C1c1ccc(Cl)cc1.COCC(=O)N1CCc2c([nH]c3ccc(Br)cc23)C1c1ccccc1.COc1ccc(C2NCCc3c2[nH]c2ccc(Cl)cc32)cc1.Clc1ccc2[nH]c3c(c2c1)CCN(Cc1ccco1)C3C1CCCCC1.Clc1ccc2[nH]c3c(c2c1)CCNC3c1ccc2c(c1)OCO2. The number of aromatic amines is 6. The molecule has 22 nitrogen and oxygen atoms in total. The molecule has 0 radical (unpaired) electrons.